The van der Waals surface area contributed by atoms with Crippen molar-refractivity contribution in [3.05, 3.63) is 12.4 Å². The number of barbiturate groups is 1. The highest BCUT2D eigenvalue weighted by Crippen LogP contribution is 2.24. The molecular formula is C12H16N4O3. The number of rotatable bonds is 3. The van der Waals surface area contributed by atoms with Gasteiger partial charge in [0.25, 0.3) is 0 Å². The van der Waals surface area contributed by atoms with E-state index in [0.29, 0.717) is 12.2 Å². The summed E-state index contributed by atoms with van der Waals surface area (Å²) < 4.78 is 1.61. The molecule has 1 aromatic rings. The lowest BCUT2D eigenvalue weighted by molar-refractivity contribution is -0.136. The van der Waals surface area contributed by atoms with Crippen LogP contribution < -0.4 is 10.2 Å². The van der Waals surface area contributed by atoms with Gasteiger partial charge in [-0.2, -0.15) is 5.10 Å². The van der Waals surface area contributed by atoms with Gasteiger partial charge in [-0.3, -0.25) is 19.6 Å². The van der Waals surface area contributed by atoms with Crippen LogP contribution in [0.1, 0.15) is 20.8 Å². The Morgan fingerprint density at radius 2 is 2.05 bits per heavy atom. The summed E-state index contributed by atoms with van der Waals surface area (Å²) in [5.41, 5.74) is 0.377. The van der Waals surface area contributed by atoms with Crippen molar-refractivity contribution in [2.45, 2.75) is 27.3 Å². The van der Waals surface area contributed by atoms with Gasteiger partial charge in [0.1, 0.15) is 5.92 Å². The number of hydrogen-bond acceptors (Lipinski definition) is 4. The van der Waals surface area contributed by atoms with Crippen LogP contribution in [0.15, 0.2) is 12.4 Å². The molecule has 1 N–H and O–H groups in total. The standard InChI is InChI=1S/C12H16N4O3/c1-4-15-6-8(5-13-15)16-11(18)9(7(2)3)10(17)14-12(16)19/h5-7,9H,4H2,1-3H3,(H,14,17,19). The number of aromatic nitrogens is 2. The summed E-state index contributed by atoms with van der Waals surface area (Å²) in [5, 5.41) is 6.23. The van der Waals surface area contributed by atoms with Gasteiger partial charge in [-0.25, -0.2) is 9.69 Å². The molecule has 0 aliphatic carbocycles. The van der Waals surface area contributed by atoms with E-state index in [1.165, 1.54) is 6.20 Å². The molecule has 2 heterocycles. The molecule has 0 saturated carbocycles. The Morgan fingerprint density at radius 1 is 1.37 bits per heavy atom. The van der Waals surface area contributed by atoms with E-state index in [9.17, 15) is 14.4 Å². The van der Waals surface area contributed by atoms with Crippen molar-refractivity contribution in [2.75, 3.05) is 4.90 Å². The summed E-state index contributed by atoms with van der Waals surface area (Å²) in [4.78, 5) is 36.8. The van der Waals surface area contributed by atoms with Gasteiger partial charge in [0, 0.05) is 12.7 Å². The summed E-state index contributed by atoms with van der Waals surface area (Å²) in [6, 6.07) is -0.720. The van der Waals surface area contributed by atoms with E-state index in [4.69, 9.17) is 0 Å². The summed E-state index contributed by atoms with van der Waals surface area (Å²) in [6.07, 6.45) is 3.04. The van der Waals surface area contributed by atoms with Crippen molar-refractivity contribution in [2.24, 2.45) is 11.8 Å². The zero-order chi connectivity index (χ0) is 14.2. The van der Waals surface area contributed by atoms with Gasteiger partial charge in [0.05, 0.1) is 11.9 Å². The number of nitrogens with one attached hydrogen (secondary N) is 1. The molecule has 7 heteroatoms. The lowest BCUT2D eigenvalue weighted by Gasteiger charge is -2.30. The lowest BCUT2D eigenvalue weighted by Crippen LogP contribution is -2.59. The molecule has 2 rings (SSSR count). The third-order valence-electron chi connectivity index (χ3n) is 3.07. The van der Waals surface area contributed by atoms with E-state index in [1.807, 2.05) is 6.92 Å². The lowest BCUT2D eigenvalue weighted by atomic mass is 9.92. The van der Waals surface area contributed by atoms with Crippen molar-refractivity contribution >= 4 is 23.5 Å². The first-order valence-electron chi connectivity index (χ1n) is 6.17. The predicted octanol–water partition coefficient (Wildman–Crippen LogP) is 0.758. The monoisotopic (exact) mass is 264 g/mol. The Kier molecular flexibility index (Phi) is 3.37. The van der Waals surface area contributed by atoms with Gasteiger partial charge >= 0.3 is 6.03 Å². The topological polar surface area (TPSA) is 84.3 Å². The molecule has 7 nitrogen and oxygen atoms in total. The molecule has 0 bridgehead atoms. The van der Waals surface area contributed by atoms with Crippen molar-refractivity contribution in [1.82, 2.24) is 15.1 Å². The molecule has 1 aliphatic rings. The fraction of sp³-hybridized carbons (Fsp3) is 0.500. The smallest absolute Gasteiger partial charge is 0.277 e. The van der Waals surface area contributed by atoms with E-state index < -0.39 is 23.8 Å². The van der Waals surface area contributed by atoms with Gasteiger partial charge in [0.15, 0.2) is 0 Å². The molecule has 1 aromatic heterocycles. The van der Waals surface area contributed by atoms with Crippen LogP contribution in [0.2, 0.25) is 0 Å². The summed E-state index contributed by atoms with van der Waals surface area (Å²) in [7, 11) is 0. The first-order chi connectivity index (χ1) is 8.95. The van der Waals surface area contributed by atoms with Crippen molar-refractivity contribution in [3.8, 4) is 0 Å². The van der Waals surface area contributed by atoms with Crippen LogP contribution in [-0.4, -0.2) is 27.6 Å². The highest BCUT2D eigenvalue weighted by molar-refractivity contribution is 6.27. The molecule has 0 spiro atoms. The number of anilines is 1. The molecule has 1 saturated heterocycles. The molecule has 1 atom stereocenters. The molecule has 1 aliphatic heterocycles. The van der Waals surface area contributed by atoms with Gasteiger partial charge in [0.2, 0.25) is 11.8 Å². The van der Waals surface area contributed by atoms with Gasteiger partial charge < -0.3 is 0 Å². The number of aryl methyl sites for hydroxylation is 1. The SMILES string of the molecule is CCn1cc(N2C(=O)NC(=O)C(C(C)C)C2=O)cn1. The molecule has 4 amide bonds. The number of nitrogens with zero attached hydrogens (tertiary/aromatic N) is 3. The number of imide groups is 2. The Balaban J connectivity index is 2.35. The van der Waals surface area contributed by atoms with Crippen LogP contribution >= 0.6 is 0 Å². The van der Waals surface area contributed by atoms with E-state index in [-0.39, 0.29) is 5.92 Å². The van der Waals surface area contributed by atoms with E-state index in [1.54, 1.807) is 24.7 Å². The second-order valence-corrected chi connectivity index (χ2v) is 4.74. The molecule has 19 heavy (non-hydrogen) atoms. The number of urea groups is 1. The zero-order valence-corrected chi connectivity index (χ0v) is 11.1. The minimum absolute atomic E-state index is 0.177. The maximum absolute atomic E-state index is 12.3. The molecule has 102 valence electrons. The first-order valence-corrected chi connectivity index (χ1v) is 6.17. The second kappa shape index (κ2) is 4.83. The second-order valence-electron chi connectivity index (χ2n) is 4.74. The number of carbonyl (C=O) groups excluding carboxylic acids is 3. The highest BCUT2D eigenvalue weighted by atomic mass is 16.2. The number of hydrogen-bond donors (Lipinski definition) is 1. The quantitative estimate of drug-likeness (QED) is 0.817. The maximum Gasteiger partial charge on any atom is 0.335 e. The first kappa shape index (κ1) is 13.3. The third kappa shape index (κ3) is 2.23. The van der Waals surface area contributed by atoms with Crippen molar-refractivity contribution < 1.29 is 14.4 Å². The molecular weight excluding hydrogens is 248 g/mol. The van der Waals surface area contributed by atoms with E-state index >= 15 is 0 Å². The maximum atomic E-state index is 12.3. The number of carbonyl (C=O) groups is 3. The average molecular weight is 264 g/mol. The Labute approximate surface area is 110 Å². The highest BCUT2D eigenvalue weighted by Gasteiger charge is 2.43. The number of amides is 4. The van der Waals surface area contributed by atoms with Gasteiger partial charge in [-0.05, 0) is 12.8 Å². The van der Waals surface area contributed by atoms with E-state index in [2.05, 4.69) is 10.4 Å². The van der Waals surface area contributed by atoms with E-state index in [0.717, 1.165) is 4.90 Å². The van der Waals surface area contributed by atoms with Crippen LogP contribution in [-0.2, 0) is 16.1 Å². The average Bonchev–Trinajstić information content (AvgIpc) is 2.76. The predicted molar refractivity (Wildman–Crippen MR) is 67.3 cm³/mol. The normalized spacial score (nSPS) is 20.1. The van der Waals surface area contributed by atoms with Gasteiger partial charge in [-0.1, -0.05) is 13.8 Å². The minimum Gasteiger partial charge on any atom is -0.277 e. The minimum atomic E-state index is -0.845. The molecule has 0 aromatic carbocycles. The van der Waals surface area contributed by atoms with Crippen LogP contribution in [0.25, 0.3) is 0 Å². The van der Waals surface area contributed by atoms with Crippen LogP contribution in [0.3, 0.4) is 0 Å². The molecule has 1 fully saturated rings. The van der Waals surface area contributed by atoms with Crippen LogP contribution in [0.4, 0.5) is 10.5 Å². The fourth-order valence-corrected chi connectivity index (χ4v) is 2.06. The van der Waals surface area contributed by atoms with Crippen molar-refractivity contribution in [3.63, 3.8) is 0 Å². The summed E-state index contributed by atoms with van der Waals surface area (Å²) in [6.45, 7) is 6.07. The Bertz CT molecular complexity index is 535. The largest absolute Gasteiger partial charge is 0.335 e. The molecule has 1 unspecified atom stereocenters. The van der Waals surface area contributed by atoms with Gasteiger partial charge in [-0.15, -0.1) is 0 Å². The molecule has 0 radical (unpaired) electrons. The van der Waals surface area contributed by atoms with Crippen molar-refractivity contribution in [1.29, 1.82) is 0 Å². The van der Waals surface area contributed by atoms with Crippen LogP contribution in [0.5, 0.6) is 0 Å². The van der Waals surface area contributed by atoms with Crippen LogP contribution in [0, 0.1) is 11.8 Å². The third-order valence-corrected chi connectivity index (χ3v) is 3.07. The Hall–Kier alpha value is -2.18. The fourth-order valence-electron chi connectivity index (χ4n) is 2.06. The zero-order valence-electron chi connectivity index (χ0n) is 11.1. The summed E-state index contributed by atoms with van der Waals surface area (Å²) >= 11 is 0. The summed E-state index contributed by atoms with van der Waals surface area (Å²) in [5.74, 6) is -2.06. The Morgan fingerprint density at radius 3 is 2.58 bits per heavy atom.